The molecule has 0 aromatic carbocycles. The van der Waals surface area contributed by atoms with Crippen molar-refractivity contribution in [3.05, 3.63) is 0 Å². The Labute approximate surface area is 75.3 Å². The predicted octanol–water partition coefficient (Wildman–Crippen LogP) is -1.54. The van der Waals surface area contributed by atoms with E-state index in [4.69, 9.17) is 9.79 Å². The topological polar surface area (TPSA) is 96.3 Å². The lowest BCUT2D eigenvalue weighted by Crippen LogP contribution is -2.23. The fraction of sp³-hybridized carbons (Fsp3) is 0.750. The van der Waals surface area contributed by atoms with E-state index in [-0.39, 0.29) is 13.2 Å². The molecule has 1 aliphatic rings. The molecule has 1 atom stereocenters. The highest BCUT2D eigenvalue weighted by atomic mass is 31.2. The van der Waals surface area contributed by atoms with Crippen molar-refractivity contribution >= 4 is 21.9 Å². The van der Waals surface area contributed by atoms with Crippen LogP contribution in [0.2, 0.25) is 0 Å². The van der Waals surface area contributed by atoms with Gasteiger partial charge in [0.05, 0.1) is 13.2 Å². The Morgan fingerprint density at radius 1 is 1.77 bits per heavy atom. The second-order valence-corrected chi connectivity index (χ2v) is 3.91. The van der Waals surface area contributed by atoms with Crippen molar-refractivity contribution in [1.82, 2.24) is 4.81 Å². The highest BCUT2D eigenvalue weighted by molar-refractivity contribution is 7.46. The molecular formula is C4H9BNO6P. The smallest absolute Gasteiger partial charge is 0.443 e. The van der Waals surface area contributed by atoms with Crippen LogP contribution in [0.3, 0.4) is 0 Å². The molecule has 1 unspecified atom stereocenters. The molecule has 1 aliphatic heterocycles. The average Bonchev–Trinajstić information content (AvgIpc) is 2.27. The van der Waals surface area contributed by atoms with Crippen LogP contribution >= 0.6 is 7.82 Å². The van der Waals surface area contributed by atoms with Gasteiger partial charge in [0.25, 0.3) is 0 Å². The van der Waals surface area contributed by atoms with Crippen molar-refractivity contribution in [3.63, 3.8) is 0 Å². The van der Waals surface area contributed by atoms with Gasteiger partial charge >= 0.3 is 13.9 Å². The molecule has 1 heterocycles. The third kappa shape index (κ3) is 3.35. The molecule has 0 aliphatic carbocycles. The van der Waals surface area contributed by atoms with Crippen LogP contribution in [0.1, 0.15) is 0 Å². The average molecular weight is 209 g/mol. The van der Waals surface area contributed by atoms with Gasteiger partial charge < -0.3 is 19.3 Å². The lowest BCUT2D eigenvalue weighted by Gasteiger charge is -2.09. The summed E-state index contributed by atoms with van der Waals surface area (Å²) in [6.07, 6.45) is -1.12. The number of phosphoric ester groups is 1. The Morgan fingerprint density at radius 2 is 2.38 bits per heavy atom. The van der Waals surface area contributed by atoms with Gasteiger partial charge in [-0.3, -0.25) is 4.52 Å². The minimum Gasteiger partial charge on any atom is -0.443 e. The van der Waals surface area contributed by atoms with Crippen LogP contribution in [0.25, 0.3) is 0 Å². The number of carbonyl (C=O) groups excluding carboxylic acids is 1. The molecule has 1 fully saturated rings. The van der Waals surface area contributed by atoms with Gasteiger partial charge in [-0.2, -0.15) is 0 Å². The minimum atomic E-state index is -4.47. The molecule has 2 N–H and O–H groups in total. The Kier molecular flexibility index (Phi) is 2.97. The summed E-state index contributed by atoms with van der Waals surface area (Å²) in [5, 5.41) is 0. The van der Waals surface area contributed by atoms with Gasteiger partial charge in [0.15, 0.2) is 0 Å². The van der Waals surface area contributed by atoms with Crippen LogP contribution in [0.15, 0.2) is 0 Å². The van der Waals surface area contributed by atoms with Crippen LogP contribution < -0.4 is 0 Å². The Morgan fingerprint density at radius 3 is 2.77 bits per heavy atom. The maximum Gasteiger partial charge on any atom is 0.469 e. The summed E-state index contributed by atoms with van der Waals surface area (Å²) >= 11 is 0. The zero-order chi connectivity index (χ0) is 10.1. The first kappa shape index (κ1) is 10.5. The van der Waals surface area contributed by atoms with E-state index in [0.717, 1.165) is 0 Å². The third-order valence-electron chi connectivity index (χ3n) is 1.49. The van der Waals surface area contributed by atoms with Gasteiger partial charge in [-0.1, -0.05) is 0 Å². The maximum absolute atomic E-state index is 10.8. The molecule has 1 rings (SSSR count). The first-order valence-corrected chi connectivity index (χ1v) is 5.03. The van der Waals surface area contributed by atoms with Crippen LogP contribution in [0.4, 0.5) is 4.79 Å². The van der Waals surface area contributed by atoms with Crippen molar-refractivity contribution in [2.24, 2.45) is 0 Å². The summed E-state index contributed by atoms with van der Waals surface area (Å²) < 4.78 is 19.1. The fourth-order valence-electron chi connectivity index (χ4n) is 0.917. The Balaban J connectivity index is 2.33. The van der Waals surface area contributed by atoms with Gasteiger partial charge in [-0.05, 0) is 0 Å². The van der Waals surface area contributed by atoms with E-state index in [1.807, 2.05) is 0 Å². The monoisotopic (exact) mass is 209 g/mol. The molecule has 74 valence electrons. The quantitative estimate of drug-likeness (QED) is 0.432. The normalized spacial score (nSPS) is 23.4. The number of nitrogens with zero attached hydrogens (tertiary/aromatic N) is 1. The first-order valence-electron chi connectivity index (χ1n) is 3.50. The van der Waals surface area contributed by atoms with Crippen molar-refractivity contribution in [1.29, 1.82) is 0 Å². The molecule has 0 radical (unpaired) electrons. The number of amides is 1. The number of cyclic esters (lactones) is 1. The van der Waals surface area contributed by atoms with Crippen LogP contribution in [-0.4, -0.2) is 47.9 Å². The summed E-state index contributed by atoms with van der Waals surface area (Å²) in [6, 6.07) is 0. The molecule has 0 aromatic rings. The van der Waals surface area contributed by atoms with E-state index in [2.05, 4.69) is 9.26 Å². The van der Waals surface area contributed by atoms with Gasteiger partial charge in [0.1, 0.15) is 6.10 Å². The van der Waals surface area contributed by atoms with Crippen molar-refractivity contribution in [2.45, 2.75) is 6.10 Å². The van der Waals surface area contributed by atoms with Gasteiger partial charge in [0.2, 0.25) is 7.98 Å². The minimum absolute atomic E-state index is 0.277. The Bertz CT molecular complexity index is 253. The number of rotatable bonds is 3. The Hall–Kier alpha value is -0.555. The van der Waals surface area contributed by atoms with Gasteiger partial charge in [-0.15, -0.1) is 0 Å². The first-order chi connectivity index (χ1) is 5.88. The highest BCUT2D eigenvalue weighted by Gasteiger charge is 2.29. The SMILES string of the molecule is BN1CC(COP(=O)(O)O)OC1=O. The van der Waals surface area contributed by atoms with E-state index in [1.54, 1.807) is 0 Å². The molecule has 7 nitrogen and oxygen atoms in total. The molecule has 0 saturated carbocycles. The highest BCUT2D eigenvalue weighted by Crippen LogP contribution is 2.36. The lowest BCUT2D eigenvalue weighted by molar-refractivity contribution is 0.0875. The van der Waals surface area contributed by atoms with Crippen LogP contribution in [-0.2, 0) is 13.8 Å². The maximum atomic E-state index is 10.8. The van der Waals surface area contributed by atoms with Crippen LogP contribution in [0, 0.1) is 0 Å². The number of ether oxygens (including phenoxy) is 1. The summed E-state index contributed by atoms with van der Waals surface area (Å²) in [5.74, 6) is 0. The largest absolute Gasteiger partial charge is 0.469 e. The van der Waals surface area contributed by atoms with E-state index in [0.29, 0.717) is 0 Å². The molecule has 0 bridgehead atoms. The molecule has 9 heteroatoms. The molecule has 1 saturated heterocycles. The second-order valence-electron chi connectivity index (χ2n) is 2.67. The number of hydrogen-bond donors (Lipinski definition) is 2. The van der Waals surface area contributed by atoms with Gasteiger partial charge in [-0.25, -0.2) is 9.36 Å². The van der Waals surface area contributed by atoms with E-state index < -0.39 is 20.0 Å². The molecule has 0 aromatic heterocycles. The number of carbonyl (C=O) groups is 1. The van der Waals surface area contributed by atoms with Crippen molar-refractivity contribution in [3.8, 4) is 0 Å². The summed E-state index contributed by atoms with van der Waals surface area (Å²) in [7, 11) is -2.94. The molecule has 0 spiro atoms. The third-order valence-corrected chi connectivity index (χ3v) is 1.97. The van der Waals surface area contributed by atoms with Crippen LogP contribution in [0.5, 0.6) is 0 Å². The van der Waals surface area contributed by atoms with E-state index >= 15 is 0 Å². The van der Waals surface area contributed by atoms with Crippen molar-refractivity contribution in [2.75, 3.05) is 13.2 Å². The zero-order valence-corrected chi connectivity index (χ0v) is 7.81. The number of phosphoric acid groups is 1. The van der Waals surface area contributed by atoms with E-state index in [9.17, 15) is 9.36 Å². The zero-order valence-electron chi connectivity index (χ0n) is 6.91. The molecule has 1 amide bonds. The predicted molar refractivity (Wildman–Crippen MR) is 43.5 cm³/mol. The van der Waals surface area contributed by atoms with Crippen molar-refractivity contribution < 1.29 is 28.4 Å². The molecule has 13 heavy (non-hydrogen) atoms. The number of hydrogen-bond acceptors (Lipinski definition) is 4. The summed E-state index contributed by atoms with van der Waals surface area (Å²) in [6.45, 7) is -0.0147. The standard InChI is InChI=1S/C4H9BNO6P/c5-6-1-3(12-4(6)7)2-11-13(8,9)10/h3H,1-2,5H2,(H2,8,9,10). The summed E-state index contributed by atoms with van der Waals surface area (Å²) in [4.78, 5) is 28.8. The second kappa shape index (κ2) is 3.67. The summed E-state index contributed by atoms with van der Waals surface area (Å²) in [5.41, 5.74) is 0. The van der Waals surface area contributed by atoms with Gasteiger partial charge in [0, 0.05) is 0 Å². The lowest BCUT2D eigenvalue weighted by atomic mass is 10.3. The molecular weight excluding hydrogens is 200 g/mol. The fourth-order valence-corrected chi connectivity index (χ4v) is 1.28. The van der Waals surface area contributed by atoms with E-state index in [1.165, 1.54) is 12.8 Å².